The normalized spacial score (nSPS) is 13.5. The van der Waals surface area contributed by atoms with Crippen LogP contribution in [0.25, 0.3) is 0 Å². The molecular formula is C9H9N3O8. The van der Waals surface area contributed by atoms with Gasteiger partial charge in [0.1, 0.15) is 0 Å². The van der Waals surface area contributed by atoms with Gasteiger partial charge in [0, 0.05) is 0 Å². The summed E-state index contributed by atoms with van der Waals surface area (Å²) in [6.07, 6.45) is -0.406. The number of nitro groups is 2. The number of aliphatic hydroxyl groups excluding tert-OH is 1. The lowest BCUT2D eigenvalue weighted by molar-refractivity contribution is -0.397. The van der Waals surface area contributed by atoms with Gasteiger partial charge in [-0.2, -0.15) is 0 Å². The van der Waals surface area contributed by atoms with Gasteiger partial charge < -0.3 is 14.8 Å². The van der Waals surface area contributed by atoms with Crippen molar-refractivity contribution in [3.05, 3.63) is 42.8 Å². The molecule has 1 aromatic heterocycles. The second-order valence-corrected chi connectivity index (χ2v) is 3.84. The van der Waals surface area contributed by atoms with E-state index in [1.54, 1.807) is 0 Å². The van der Waals surface area contributed by atoms with E-state index in [1.807, 2.05) is 0 Å². The zero-order valence-electron chi connectivity index (χ0n) is 9.99. The highest BCUT2D eigenvalue weighted by Gasteiger charge is 2.31. The van der Waals surface area contributed by atoms with E-state index < -0.39 is 44.8 Å². The Kier molecular flexibility index (Phi) is 4.14. The lowest BCUT2D eigenvalue weighted by Crippen LogP contribution is -2.30. The zero-order chi connectivity index (χ0) is 15.6. The van der Waals surface area contributed by atoms with Crippen LogP contribution in [0.4, 0.5) is 11.4 Å². The number of pyridine rings is 1. The Labute approximate surface area is 110 Å². The van der Waals surface area contributed by atoms with Gasteiger partial charge in [0.25, 0.3) is 0 Å². The first-order chi connectivity index (χ1) is 9.16. The van der Waals surface area contributed by atoms with Crippen LogP contribution in [-0.4, -0.2) is 36.7 Å². The molecule has 1 rings (SSSR count). The van der Waals surface area contributed by atoms with Crippen molar-refractivity contribution in [3.8, 4) is 0 Å². The van der Waals surface area contributed by atoms with E-state index in [9.17, 15) is 34.9 Å². The topological polar surface area (TPSA) is 166 Å². The van der Waals surface area contributed by atoms with Gasteiger partial charge in [-0.25, -0.2) is 4.79 Å². The monoisotopic (exact) mass is 287 g/mol. The van der Waals surface area contributed by atoms with Crippen LogP contribution >= 0.6 is 0 Å². The summed E-state index contributed by atoms with van der Waals surface area (Å²) >= 11 is 0. The van der Waals surface area contributed by atoms with Crippen molar-refractivity contribution in [1.82, 2.24) is 4.57 Å². The molecule has 11 nitrogen and oxygen atoms in total. The molecule has 0 radical (unpaired) electrons. The largest absolute Gasteiger partial charge is 0.480 e. The average Bonchev–Trinajstić information content (AvgIpc) is 2.29. The van der Waals surface area contributed by atoms with Crippen molar-refractivity contribution in [3.63, 3.8) is 0 Å². The summed E-state index contributed by atoms with van der Waals surface area (Å²) in [4.78, 5) is 41.5. The lowest BCUT2D eigenvalue weighted by Gasteiger charge is -2.18. The highest BCUT2D eigenvalue weighted by Crippen LogP contribution is 2.19. The standard InChI is InChI=1S/C9H9N3O8/c1-4(13)7(9(15)16)10-2-5(11(17)18)8(14)6(3-10)12(19)20/h2-4,7,13H,1H3,(H,15,16)/t4-,7-/m0/s1. The Hall–Kier alpha value is -2.82. The third-order valence-electron chi connectivity index (χ3n) is 2.43. The fourth-order valence-corrected chi connectivity index (χ4v) is 1.57. The van der Waals surface area contributed by atoms with Crippen molar-refractivity contribution in [2.45, 2.75) is 19.1 Å². The molecule has 0 aliphatic rings. The van der Waals surface area contributed by atoms with Crippen LogP contribution in [0.15, 0.2) is 17.2 Å². The van der Waals surface area contributed by atoms with Gasteiger partial charge in [-0.05, 0) is 6.92 Å². The number of hydrogen-bond donors (Lipinski definition) is 2. The van der Waals surface area contributed by atoms with E-state index in [4.69, 9.17) is 5.11 Å². The van der Waals surface area contributed by atoms with Gasteiger partial charge in [-0.3, -0.25) is 25.0 Å². The lowest BCUT2D eigenvalue weighted by atomic mass is 10.1. The molecule has 2 atom stereocenters. The highest BCUT2D eigenvalue weighted by atomic mass is 16.6. The van der Waals surface area contributed by atoms with E-state index in [-0.39, 0.29) is 0 Å². The molecule has 0 saturated carbocycles. The molecule has 0 spiro atoms. The number of carboxylic acid groups (broad SMARTS) is 1. The van der Waals surface area contributed by atoms with Gasteiger partial charge >= 0.3 is 22.8 Å². The van der Waals surface area contributed by atoms with Crippen molar-refractivity contribution in [2.75, 3.05) is 0 Å². The smallest absolute Gasteiger partial charge is 0.339 e. The summed E-state index contributed by atoms with van der Waals surface area (Å²) < 4.78 is 0.560. The predicted molar refractivity (Wildman–Crippen MR) is 62.4 cm³/mol. The molecule has 0 saturated heterocycles. The molecule has 20 heavy (non-hydrogen) atoms. The highest BCUT2D eigenvalue weighted by molar-refractivity contribution is 5.72. The molecule has 0 fully saturated rings. The maximum Gasteiger partial charge on any atom is 0.339 e. The Morgan fingerprint density at radius 1 is 1.25 bits per heavy atom. The second-order valence-electron chi connectivity index (χ2n) is 3.84. The summed E-state index contributed by atoms with van der Waals surface area (Å²) in [6.45, 7) is 1.09. The van der Waals surface area contributed by atoms with Gasteiger partial charge in [0.05, 0.1) is 28.3 Å². The summed E-state index contributed by atoms with van der Waals surface area (Å²) in [5.41, 5.74) is -3.73. The van der Waals surface area contributed by atoms with Crippen molar-refractivity contribution in [2.24, 2.45) is 0 Å². The van der Waals surface area contributed by atoms with E-state index in [0.717, 1.165) is 6.92 Å². The predicted octanol–water partition coefficient (Wildman–Crippen LogP) is -0.329. The van der Waals surface area contributed by atoms with Gasteiger partial charge in [-0.1, -0.05) is 0 Å². The minimum absolute atomic E-state index is 0.542. The number of rotatable bonds is 5. The molecule has 0 amide bonds. The van der Waals surface area contributed by atoms with Crippen molar-refractivity contribution < 1.29 is 24.9 Å². The average molecular weight is 287 g/mol. The molecule has 0 unspecified atom stereocenters. The van der Waals surface area contributed by atoms with Crippen LogP contribution in [-0.2, 0) is 4.79 Å². The summed E-state index contributed by atoms with van der Waals surface area (Å²) in [7, 11) is 0. The third kappa shape index (κ3) is 2.77. The van der Waals surface area contributed by atoms with Crippen LogP contribution in [0.1, 0.15) is 13.0 Å². The number of aliphatic hydroxyl groups is 1. The maximum absolute atomic E-state index is 11.5. The molecule has 0 aliphatic heterocycles. The Morgan fingerprint density at radius 2 is 1.65 bits per heavy atom. The number of aliphatic carboxylic acids is 1. The van der Waals surface area contributed by atoms with Crippen LogP contribution in [0, 0.1) is 20.2 Å². The Morgan fingerprint density at radius 3 is 1.90 bits per heavy atom. The van der Waals surface area contributed by atoms with Gasteiger partial charge in [0.2, 0.25) is 0 Å². The number of hydrogen-bond acceptors (Lipinski definition) is 7. The first kappa shape index (κ1) is 15.2. The molecular weight excluding hydrogens is 278 g/mol. The number of nitrogens with zero attached hydrogens (tertiary/aromatic N) is 3. The van der Waals surface area contributed by atoms with Crippen LogP contribution in [0.2, 0.25) is 0 Å². The van der Waals surface area contributed by atoms with Crippen LogP contribution in [0.3, 0.4) is 0 Å². The SMILES string of the molecule is C[C@H](O)[C@@H](C(=O)O)n1cc([N+](=O)[O-])c(=O)c([N+](=O)[O-])c1. The Balaban J connectivity index is 3.64. The van der Waals surface area contributed by atoms with Gasteiger partial charge in [-0.15, -0.1) is 0 Å². The molecule has 11 heteroatoms. The molecule has 0 aromatic carbocycles. The third-order valence-corrected chi connectivity index (χ3v) is 2.43. The summed E-state index contributed by atoms with van der Waals surface area (Å²) in [6, 6.07) is -1.70. The molecule has 1 aromatic rings. The van der Waals surface area contributed by atoms with Crippen molar-refractivity contribution >= 4 is 17.3 Å². The van der Waals surface area contributed by atoms with Crippen LogP contribution in [0.5, 0.6) is 0 Å². The number of aromatic nitrogens is 1. The molecule has 0 aliphatic carbocycles. The molecule has 108 valence electrons. The summed E-state index contributed by atoms with van der Waals surface area (Å²) in [5, 5.41) is 39.6. The second kappa shape index (κ2) is 5.44. The molecule has 0 bridgehead atoms. The minimum atomic E-state index is -1.70. The first-order valence-electron chi connectivity index (χ1n) is 5.12. The first-order valence-corrected chi connectivity index (χ1v) is 5.12. The zero-order valence-corrected chi connectivity index (χ0v) is 9.99. The number of carbonyl (C=O) groups is 1. The molecule has 2 N–H and O–H groups in total. The van der Waals surface area contributed by atoms with Crippen molar-refractivity contribution in [1.29, 1.82) is 0 Å². The van der Waals surface area contributed by atoms with E-state index in [1.165, 1.54) is 0 Å². The van der Waals surface area contributed by atoms with E-state index >= 15 is 0 Å². The summed E-state index contributed by atoms with van der Waals surface area (Å²) in [5.74, 6) is -1.56. The minimum Gasteiger partial charge on any atom is -0.480 e. The van der Waals surface area contributed by atoms with Gasteiger partial charge in [0.15, 0.2) is 6.04 Å². The quantitative estimate of drug-likeness (QED) is 0.548. The number of carboxylic acids is 1. The van der Waals surface area contributed by atoms with E-state index in [0.29, 0.717) is 17.0 Å². The maximum atomic E-state index is 11.5. The fourth-order valence-electron chi connectivity index (χ4n) is 1.57. The van der Waals surface area contributed by atoms with E-state index in [2.05, 4.69) is 0 Å². The Bertz CT molecular complexity index is 596. The fraction of sp³-hybridized carbons (Fsp3) is 0.333. The van der Waals surface area contributed by atoms with Crippen LogP contribution < -0.4 is 5.43 Å². The molecule has 1 heterocycles.